The summed E-state index contributed by atoms with van der Waals surface area (Å²) in [5, 5.41) is 9.46. The molecule has 0 saturated carbocycles. The molecule has 0 radical (unpaired) electrons. The van der Waals surface area contributed by atoms with Crippen LogP contribution in [0.4, 0.5) is 11.5 Å². The zero-order valence-electron chi connectivity index (χ0n) is 14.6. The molecule has 1 amide bonds. The molecule has 0 bridgehead atoms. The summed E-state index contributed by atoms with van der Waals surface area (Å²) in [5.74, 6) is -0.0291. The minimum Gasteiger partial charge on any atom is -0.475 e. The predicted molar refractivity (Wildman–Crippen MR) is 105 cm³/mol. The average molecular weight is 392 g/mol. The normalized spacial score (nSPS) is 13.3. The number of nitrogens with two attached hydrogens (primary N) is 1. The third-order valence-corrected chi connectivity index (χ3v) is 4.76. The second kappa shape index (κ2) is 7.18. The first-order chi connectivity index (χ1) is 13.6. The van der Waals surface area contributed by atoms with Crippen LogP contribution in [-0.4, -0.2) is 29.0 Å². The molecule has 2 heterocycles. The van der Waals surface area contributed by atoms with Crippen LogP contribution in [0.25, 0.3) is 11.1 Å². The summed E-state index contributed by atoms with van der Waals surface area (Å²) < 4.78 is 5.54. The zero-order chi connectivity index (χ0) is 19.7. The van der Waals surface area contributed by atoms with Crippen LogP contribution < -0.4 is 15.4 Å². The Morgan fingerprint density at radius 2 is 1.96 bits per heavy atom. The van der Waals surface area contributed by atoms with Crippen LogP contribution in [-0.2, 0) is 0 Å². The maximum Gasteiger partial charge on any atom is 0.267 e. The average Bonchev–Trinajstić information content (AvgIpc) is 2.88. The number of hydrogen-bond acceptors (Lipinski definition) is 6. The van der Waals surface area contributed by atoms with Crippen molar-refractivity contribution in [2.24, 2.45) is 0 Å². The first-order valence-corrected chi connectivity index (χ1v) is 8.81. The molecule has 3 aromatic rings. The minimum atomic E-state index is -0.310. The third kappa shape index (κ3) is 3.10. The lowest BCUT2D eigenvalue weighted by molar-refractivity contribution is 0.0990. The SMILES string of the molecule is N#Cc1ccc(-c2ccc(N3CCOc4ncnc(N)c4C3=O)cc2)c(Cl)c1. The van der Waals surface area contributed by atoms with Crippen molar-refractivity contribution in [1.82, 2.24) is 9.97 Å². The quantitative estimate of drug-likeness (QED) is 0.718. The van der Waals surface area contributed by atoms with E-state index in [9.17, 15) is 4.79 Å². The predicted octanol–water partition coefficient (Wildman–Crippen LogP) is 3.29. The van der Waals surface area contributed by atoms with E-state index in [-0.39, 0.29) is 23.2 Å². The molecular weight excluding hydrogens is 378 g/mol. The van der Waals surface area contributed by atoms with Gasteiger partial charge in [-0.1, -0.05) is 29.8 Å². The summed E-state index contributed by atoms with van der Waals surface area (Å²) in [4.78, 5) is 22.4. The Morgan fingerprint density at radius 3 is 2.68 bits per heavy atom. The first kappa shape index (κ1) is 17.8. The third-order valence-electron chi connectivity index (χ3n) is 4.44. The van der Waals surface area contributed by atoms with E-state index in [2.05, 4.69) is 16.0 Å². The van der Waals surface area contributed by atoms with E-state index in [0.29, 0.717) is 29.4 Å². The lowest BCUT2D eigenvalue weighted by atomic mass is 10.0. The van der Waals surface area contributed by atoms with Crippen molar-refractivity contribution in [3.63, 3.8) is 0 Å². The number of carbonyl (C=O) groups excluding carboxylic acids is 1. The summed E-state index contributed by atoms with van der Waals surface area (Å²) >= 11 is 6.29. The number of anilines is 2. The minimum absolute atomic E-state index is 0.0860. The second-order valence-corrected chi connectivity index (χ2v) is 6.50. The van der Waals surface area contributed by atoms with Gasteiger partial charge in [0, 0.05) is 16.3 Å². The van der Waals surface area contributed by atoms with Gasteiger partial charge in [0.2, 0.25) is 5.88 Å². The fourth-order valence-corrected chi connectivity index (χ4v) is 3.34. The number of amides is 1. The van der Waals surface area contributed by atoms with Crippen molar-refractivity contribution in [1.29, 1.82) is 5.26 Å². The molecule has 2 aromatic carbocycles. The smallest absolute Gasteiger partial charge is 0.267 e. The number of aromatic nitrogens is 2. The van der Waals surface area contributed by atoms with Crippen LogP contribution in [0, 0.1) is 11.3 Å². The Balaban J connectivity index is 1.67. The lowest BCUT2D eigenvalue weighted by Gasteiger charge is -2.20. The molecule has 0 unspecified atom stereocenters. The van der Waals surface area contributed by atoms with E-state index in [1.54, 1.807) is 23.1 Å². The molecule has 1 aliphatic heterocycles. The van der Waals surface area contributed by atoms with Gasteiger partial charge in [-0.3, -0.25) is 4.79 Å². The molecule has 1 aromatic heterocycles. The van der Waals surface area contributed by atoms with E-state index in [1.807, 2.05) is 24.3 Å². The van der Waals surface area contributed by atoms with Crippen LogP contribution in [0.2, 0.25) is 5.02 Å². The Bertz CT molecular complexity index is 1110. The van der Waals surface area contributed by atoms with Crippen LogP contribution in [0.1, 0.15) is 15.9 Å². The van der Waals surface area contributed by atoms with Gasteiger partial charge < -0.3 is 15.4 Å². The Kier molecular flexibility index (Phi) is 4.55. The number of fused-ring (bicyclic) bond motifs is 1. The van der Waals surface area contributed by atoms with Gasteiger partial charge in [0.05, 0.1) is 18.2 Å². The van der Waals surface area contributed by atoms with Crippen LogP contribution >= 0.6 is 11.6 Å². The zero-order valence-corrected chi connectivity index (χ0v) is 15.3. The molecule has 0 fully saturated rings. The molecule has 7 nitrogen and oxygen atoms in total. The molecule has 138 valence electrons. The maximum atomic E-state index is 13.0. The number of nitrogens with zero attached hydrogens (tertiary/aromatic N) is 4. The van der Waals surface area contributed by atoms with E-state index < -0.39 is 0 Å². The van der Waals surface area contributed by atoms with Gasteiger partial charge in [-0.15, -0.1) is 0 Å². The number of carbonyl (C=O) groups is 1. The van der Waals surface area contributed by atoms with Gasteiger partial charge >= 0.3 is 0 Å². The summed E-state index contributed by atoms with van der Waals surface area (Å²) in [6, 6.07) is 14.6. The molecule has 4 rings (SSSR count). The van der Waals surface area contributed by atoms with Crippen LogP contribution in [0.3, 0.4) is 0 Å². The highest BCUT2D eigenvalue weighted by Crippen LogP contribution is 2.32. The summed E-state index contributed by atoms with van der Waals surface area (Å²) in [6.07, 6.45) is 1.27. The molecule has 8 heteroatoms. The maximum absolute atomic E-state index is 13.0. The van der Waals surface area contributed by atoms with Gasteiger partial charge in [0.1, 0.15) is 24.3 Å². The lowest BCUT2D eigenvalue weighted by Crippen LogP contribution is -2.32. The number of nitrogen functional groups attached to an aromatic ring is 1. The van der Waals surface area contributed by atoms with E-state index in [1.165, 1.54) is 6.33 Å². The summed E-state index contributed by atoms with van der Waals surface area (Å²) in [7, 11) is 0. The van der Waals surface area contributed by atoms with E-state index in [0.717, 1.165) is 11.1 Å². The van der Waals surface area contributed by atoms with Gasteiger partial charge in [-0.25, -0.2) is 9.97 Å². The monoisotopic (exact) mass is 391 g/mol. The molecular formula is C20H14ClN5O2. The van der Waals surface area contributed by atoms with Crippen molar-refractivity contribution in [3.05, 3.63) is 64.9 Å². The first-order valence-electron chi connectivity index (χ1n) is 8.43. The summed E-state index contributed by atoms with van der Waals surface area (Å²) in [5.41, 5.74) is 8.90. The number of benzene rings is 2. The number of ether oxygens (including phenoxy) is 1. The fraction of sp³-hybridized carbons (Fsp3) is 0.100. The fourth-order valence-electron chi connectivity index (χ4n) is 3.05. The molecule has 2 N–H and O–H groups in total. The van der Waals surface area contributed by atoms with Gasteiger partial charge in [-0.2, -0.15) is 5.26 Å². The summed E-state index contributed by atoms with van der Waals surface area (Å²) in [6.45, 7) is 0.643. The van der Waals surface area contributed by atoms with Gasteiger partial charge in [0.25, 0.3) is 5.91 Å². The van der Waals surface area contributed by atoms with Gasteiger partial charge in [-0.05, 0) is 29.8 Å². The topological polar surface area (TPSA) is 105 Å². The van der Waals surface area contributed by atoms with Crippen molar-refractivity contribution in [3.8, 4) is 23.1 Å². The Labute approximate surface area is 166 Å². The molecule has 0 saturated heterocycles. The molecule has 0 spiro atoms. The Morgan fingerprint density at radius 1 is 1.18 bits per heavy atom. The van der Waals surface area contributed by atoms with Gasteiger partial charge in [0.15, 0.2) is 0 Å². The number of halogens is 1. The highest BCUT2D eigenvalue weighted by atomic mass is 35.5. The molecule has 28 heavy (non-hydrogen) atoms. The highest BCUT2D eigenvalue weighted by Gasteiger charge is 2.28. The van der Waals surface area contributed by atoms with E-state index in [4.69, 9.17) is 27.3 Å². The number of rotatable bonds is 2. The van der Waals surface area contributed by atoms with Crippen LogP contribution in [0.15, 0.2) is 48.8 Å². The van der Waals surface area contributed by atoms with Crippen molar-refractivity contribution in [2.45, 2.75) is 0 Å². The molecule has 0 aliphatic carbocycles. The number of hydrogen-bond donors (Lipinski definition) is 1. The second-order valence-electron chi connectivity index (χ2n) is 6.10. The highest BCUT2D eigenvalue weighted by molar-refractivity contribution is 6.33. The van der Waals surface area contributed by atoms with Crippen molar-refractivity contribution in [2.75, 3.05) is 23.8 Å². The van der Waals surface area contributed by atoms with Crippen molar-refractivity contribution < 1.29 is 9.53 Å². The standard InChI is InChI=1S/C20H14ClN5O2/c21-16-9-12(10-22)1-6-15(16)13-2-4-14(5-3-13)26-7-8-28-19-17(20(26)27)18(23)24-11-25-19/h1-6,9,11H,7-8H2,(H2,23,24,25). The van der Waals surface area contributed by atoms with Crippen LogP contribution in [0.5, 0.6) is 5.88 Å². The van der Waals surface area contributed by atoms with E-state index >= 15 is 0 Å². The van der Waals surface area contributed by atoms with Crippen molar-refractivity contribution >= 4 is 29.0 Å². The molecule has 1 aliphatic rings. The largest absolute Gasteiger partial charge is 0.475 e. The number of nitriles is 1. The Hall–Kier alpha value is -3.63. The molecule has 0 atom stereocenters.